The molecule has 2 aromatic carbocycles. The van der Waals surface area contributed by atoms with Gasteiger partial charge in [0.2, 0.25) is 0 Å². The molecule has 0 radical (unpaired) electrons. The number of aromatic nitrogens is 1. The SMILES string of the molecule is COc1ccc(-c2ccc3c(c2)NC(=O)/C3=C\c2[nH]c(C)c(C(=O)NCCN3CCCC3)c2C)c(OC)c1. The lowest BCUT2D eigenvalue weighted by Gasteiger charge is -2.14. The van der Waals surface area contributed by atoms with Crippen molar-refractivity contribution in [2.24, 2.45) is 0 Å². The van der Waals surface area contributed by atoms with E-state index in [9.17, 15) is 9.59 Å². The van der Waals surface area contributed by atoms with Gasteiger partial charge in [0.15, 0.2) is 0 Å². The maximum atomic E-state index is 13.0. The van der Waals surface area contributed by atoms with Gasteiger partial charge in [-0.15, -0.1) is 0 Å². The van der Waals surface area contributed by atoms with Gasteiger partial charge < -0.3 is 30.0 Å². The third-order valence-corrected chi connectivity index (χ3v) is 7.43. The minimum atomic E-state index is -0.179. The second kappa shape index (κ2) is 10.8. The van der Waals surface area contributed by atoms with E-state index < -0.39 is 0 Å². The number of fused-ring (bicyclic) bond motifs is 1. The van der Waals surface area contributed by atoms with Crippen molar-refractivity contribution in [1.29, 1.82) is 0 Å². The number of rotatable bonds is 8. The van der Waals surface area contributed by atoms with Crippen LogP contribution in [0.4, 0.5) is 5.69 Å². The molecule has 8 nitrogen and oxygen atoms in total. The molecule has 0 unspecified atom stereocenters. The van der Waals surface area contributed by atoms with Crippen molar-refractivity contribution in [3.05, 3.63) is 64.5 Å². The van der Waals surface area contributed by atoms with Gasteiger partial charge in [0.1, 0.15) is 11.5 Å². The third-order valence-electron chi connectivity index (χ3n) is 7.43. The molecule has 3 heterocycles. The predicted octanol–water partition coefficient (Wildman–Crippen LogP) is 4.63. The Morgan fingerprint density at radius 1 is 1.05 bits per heavy atom. The minimum absolute atomic E-state index is 0.0885. The molecule has 8 heteroatoms. The average molecular weight is 515 g/mol. The molecule has 2 aliphatic heterocycles. The van der Waals surface area contributed by atoms with Crippen LogP contribution in [-0.4, -0.2) is 62.1 Å². The molecule has 0 spiro atoms. The first kappa shape index (κ1) is 25.6. The van der Waals surface area contributed by atoms with E-state index >= 15 is 0 Å². The normalized spacial score (nSPS) is 16.0. The lowest BCUT2D eigenvalue weighted by Crippen LogP contribution is -2.33. The fourth-order valence-corrected chi connectivity index (χ4v) is 5.37. The maximum Gasteiger partial charge on any atom is 0.256 e. The van der Waals surface area contributed by atoms with E-state index in [4.69, 9.17) is 9.47 Å². The van der Waals surface area contributed by atoms with Crippen molar-refractivity contribution in [3.63, 3.8) is 0 Å². The Morgan fingerprint density at radius 3 is 2.55 bits per heavy atom. The van der Waals surface area contributed by atoms with Gasteiger partial charge in [-0.05, 0) is 75.2 Å². The van der Waals surface area contributed by atoms with Crippen LogP contribution in [0, 0.1) is 13.8 Å². The van der Waals surface area contributed by atoms with Gasteiger partial charge in [-0.3, -0.25) is 9.59 Å². The van der Waals surface area contributed by atoms with Crippen LogP contribution in [0.3, 0.4) is 0 Å². The molecule has 1 fully saturated rings. The van der Waals surface area contributed by atoms with E-state index in [1.807, 2.05) is 56.3 Å². The molecule has 2 aliphatic rings. The monoisotopic (exact) mass is 514 g/mol. The molecule has 2 amide bonds. The number of hydrogen-bond donors (Lipinski definition) is 3. The van der Waals surface area contributed by atoms with Crippen LogP contribution in [0.15, 0.2) is 36.4 Å². The van der Waals surface area contributed by atoms with Crippen LogP contribution in [0.2, 0.25) is 0 Å². The number of amides is 2. The summed E-state index contributed by atoms with van der Waals surface area (Å²) in [4.78, 5) is 31.6. The third kappa shape index (κ3) is 4.91. The van der Waals surface area contributed by atoms with Gasteiger partial charge in [0.05, 0.1) is 25.4 Å². The van der Waals surface area contributed by atoms with E-state index in [0.717, 1.165) is 59.0 Å². The molecular weight excluding hydrogens is 480 g/mol. The molecule has 38 heavy (non-hydrogen) atoms. The lowest BCUT2D eigenvalue weighted by molar-refractivity contribution is -0.110. The van der Waals surface area contributed by atoms with Gasteiger partial charge >= 0.3 is 0 Å². The summed E-state index contributed by atoms with van der Waals surface area (Å²) in [5.41, 5.74) is 6.93. The quantitative estimate of drug-likeness (QED) is 0.381. The van der Waals surface area contributed by atoms with E-state index in [1.165, 1.54) is 12.8 Å². The molecule has 1 saturated heterocycles. The summed E-state index contributed by atoms with van der Waals surface area (Å²) in [6.45, 7) is 7.51. The number of methoxy groups -OCH3 is 2. The Balaban J connectivity index is 1.38. The van der Waals surface area contributed by atoms with Crippen LogP contribution in [-0.2, 0) is 4.79 Å². The summed E-state index contributed by atoms with van der Waals surface area (Å²) in [5, 5.41) is 6.04. The van der Waals surface area contributed by atoms with Crippen LogP contribution >= 0.6 is 0 Å². The van der Waals surface area contributed by atoms with E-state index in [2.05, 4.69) is 20.5 Å². The number of benzene rings is 2. The number of aromatic amines is 1. The molecule has 0 bridgehead atoms. The smallest absolute Gasteiger partial charge is 0.256 e. The molecule has 198 valence electrons. The number of carbonyl (C=O) groups excluding carboxylic acids is 2. The fourth-order valence-electron chi connectivity index (χ4n) is 5.37. The van der Waals surface area contributed by atoms with Crippen molar-refractivity contribution >= 4 is 29.2 Å². The van der Waals surface area contributed by atoms with E-state index in [-0.39, 0.29) is 11.8 Å². The van der Waals surface area contributed by atoms with Crippen molar-refractivity contribution in [2.45, 2.75) is 26.7 Å². The highest BCUT2D eigenvalue weighted by molar-refractivity contribution is 6.35. The number of likely N-dealkylation sites (tertiary alicyclic amines) is 1. The first-order valence-corrected chi connectivity index (χ1v) is 13.0. The van der Waals surface area contributed by atoms with Crippen LogP contribution in [0.1, 0.15) is 45.7 Å². The summed E-state index contributed by atoms with van der Waals surface area (Å²) < 4.78 is 10.9. The minimum Gasteiger partial charge on any atom is -0.497 e. The molecule has 0 saturated carbocycles. The zero-order valence-corrected chi connectivity index (χ0v) is 22.4. The number of anilines is 1. The van der Waals surface area contributed by atoms with Gasteiger partial charge in [-0.25, -0.2) is 0 Å². The highest BCUT2D eigenvalue weighted by Crippen LogP contribution is 2.40. The number of ether oxygens (including phenoxy) is 2. The van der Waals surface area contributed by atoms with Gasteiger partial charge in [0, 0.05) is 47.4 Å². The number of nitrogens with zero attached hydrogens (tertiary/aromatic N) is 1. The molecule has 0 atom stereocenters. The maximum absolute atomic E-state index is 13.0. The van der Waals surface area contributed by atoms with E-state index in [1.54, 1.807) is 14.2 Å². The Kier molecular flexibility index (Phi) is 7.24. The molecule has 5 rings (SSSR count). The number of aryl methyl sites for hydroxylation is 1. The fraction of sp³-hybridized carbons (Fsp3) is 0.333. The summed E-state index contributed by atoms with van der Waals surface area (Å²) >= 11 is 0. The summed E-state index contributed by atoms with van der Waals surface area (Å²) in [6.07, 6.45) is 4.30. The Hall–Kier alpha value is -4.04. The topological polar surface area (TPSA) is 95.7 Å². The van der Waals surface area contributed by atoms with Crippen molar-refractivity contribution in [1.82, 2.24) is 15.2 Å². The predicted molar refractivity (Wildman–Crippen MR) is 150 cm³/mol. The lowest BCUT2D eigenvalue weighted by atomic mass is 9.99. The highest BCUT2D eigenvalue weighted by Gasteiger charge is 2.26. The zero-order chi connectivity index (χ0) is 26.8. The van der Waals surface area contributed by atoms with Crippen LogP contribution in [0.25, 0.3) is 22.8 Å². The molecule has 0 aliphatic carbocycles. The van der Waals surface area contributed by atoms with Gasteiger partial charge in [0.25, 0.3) is 11.8 Å². The number of hydrogen-bond acceptors (Lipinski definition) is 5. The zero-order valence-electron chi connectivity index (χ0n) is 22.4. The Bertz CT molecular complexity index is 1420. The van der Waals surface area contributed by atoms with Crippen LogP contribution in [0.5, 0.6) is 11.5 Å². The average Bonchev–Trinajstić information content (AvgIpc) is 3.61. The van der Waals surface area contributed by atoms with Crippen molar-refractivity contribution in [3.8, 4) is 22.6 Å². The molecule has 3 aromatic rings. The van der Waals surface area contributed by atoms with Crippen molar-refractivity contribution < 1.29 is 19.1 Å². The standard InChI is InChI=1S/C30H34N4O4/c1-18-25(32-19(2)28(18)30(36)31-11-14-34-12-5-6-13-34)17-24-23-9-7-20(15-26(23)33-29(24)35)22-10-8-21(37-3)16-27(22)38-4/h7-10,15-17,32H,5-6,11-14H2,1-4H3,(H,31,36)(H,33,35)/b24-17-. The Morgan fingerprint density at radius 2 is 1.82 bits per heavy atom. The summed E-state index contributed by atoms with van der Waals surface area (Å²) in [7, 11) is 3.24. The van der Waals surface area contributed by atoms with Crippen molar-refractivity contribution in [2.75, 3.05) is 45.7 Å². The van der Waals surface area contributed by atoms with E-state index in [0.29, 0.717) is 29.2 Å². The first-order valence-electron chi connectivity index (χ1n) is 13.0. The highest BCUT2D eigenvalue weighted by atomic mass is 16.5. The Labute approximate surface area is 223 Å². The second-order valence-corrected chi connectivity index (χ2v) is 9.81. The molecule has 3 N–H and O–H groups in total. The summed E-state index contributed by atoms with van der Waals surface area (Å²) in [6, 6.07) is 11.5. The van der Waals surface area contributed by atoms with Crippen LogP contribution < -0.4 is 20.1 Å². The van der Waals surface area contributed by atoms with Gasteiger partial charge in [-0.1, -0.05) is 12.1 Å². The molecular formula is C30H34N4O4. The number of H-pyrrole nitrogens is 1. The molecule has 1 aromatic heterocycles. The number of nitrogens with one attached hydrogen (secondary N) is 3. The first-order chi connectivity index (χ1) is 18.4. The van der Waals surface area contributed by atoms with Gasteiger partial charge in [-0.2, -0.15) is 0 Å². The number of carbonyl (C=O) groups is 2. The largest absolute Gasteiger partial charge is 0.497 e. The second-order valence-electron chi connectivity index (χ2n) is 9.81. The summed E-state index contributed by atoms with van der Waals surface area (Å²) in [5.74, 6) is 1.13.